The summed E-state index contributed by atoms with van der Waals surface area (Å²) in [6.45, 7) is 0. The molecule has 1 saturated carbocycles. The maximum Gasteiger partial charge on any atom is 0.0417 e. The minimum absolute atomic E-state index is 0.531. The molecule has 1 heterocycles. The summed E-state index contributed by atoms with van der Waals surface area (Å²) in [5.74, 6) is 3.09. The van der Waals surface area contributed by atoms with E-state index in [1.807, 2.05) is 0 Å². The topological polar surface area (TPSA) is 12.0 Å². The van der Waals surface area contributed by atoms with Gasteiger partial charge < -0.3 is 5.32 Å². The van der Waals surface area contributed by atoms with Crippen molar-refractivity contribution >= 4 is 11.8 Å². The van der Waals surface area contributed by atoms with Gasteiger partial charge in [-0.15, -0.1) is 0 Å². The highest BCUT2D eigenvalue weighted by molar-refractivity contribution is 7.98. The second-order valence-corrected chi connectivity index (χ2v) is 6.82. The molecule has 20 heavy (non-hydrogen) atoms. The van der Waals surface area contributed by atoms with E-state index in [1.54, 1.807) is 0 Å². The number of thioether (sulfide) groups is 1. The summed E-state index contributed by atoms with van der Waals surface area (Å²) in [6, 6.07) is 21.0. The zero-order valence-corrected chi connectivity index (χ0v) is 12.3. The molecule has 0 spiro atoms. The van der Waals surface area contributed by atoms with Gasteiger partial charge in [0.25, 0.3) is 0 Å². The van der Waals surface area contributed by atoms with E-state index in [1.165, 1.54) is 34.6 Å². The molecule has 3 unspecified atom stereocenters. The van der Waals surface area contributed by atoms with Crippen molar-refractivity contribution in [1.82, 2.24) is 5.32 Å². The van der Waals surface area contributed by atoms with Crippen LogP contribution in [0.25, 0.3) is 0 Å². The van der Waals surface area contributed by atoms with Crippen molar-refractivity contribution in [3.05, 3.63) is 71.3 Å². The van der Waals surface area contributed by atoms with Crippen molar-refractivity contribution in [1.29, 1.82) is 0 Å². The SMILES string of the molecule is c1ccc(C2CC2NC2CSCc3ccccc32)cc1. The molecule has 2 heteroatoms. The van der Waals surface area contributed by atoms with Crippen molar-refractivity contribution < 1.29 is 0 Å². The molecule has 4 rings (SSSR count). The highest BCUT2D eigenvalue weighted by atomic mass is 32.2. The zero-order chi connectivity index (χ0) is 13.4. The lowest BCUT2D eigenvalue weighted by Crippen LogP contribution is -2.29. The monoisotopic (exact) mass is 281 g/mol. The smallest absolute Gasteiger partial charge is 0.0417 e. The van der Waals surface area contributed by atoms with Gasteiger partial charge in [0.2, 0.25) is 0 Å². The van der Waals surface area contributed by atoms with E-state index in [0.717, 1.165) is 5.92 Å². The molecule has 102 valence electrons. The van der Waals surface area contributed by atoms with Crippen LogP contribution in [0.1, 0.15) is 35.1 Å². The summed E-state index contributed by atoms with van der Waals surface area (Å²) in [6.07, 6.45) is 1.29. The predicted molar refractivity (Wildman–Crippen MR) is 86.1 cm³/mol. The molecule has 0 saturated heterocycles. The third kappa shape index (κ3) is 2.38. The average Bonchev–Trinajstić information content (AvgIpc) is 3.28. The lowest BCUT2D eigenvalue weighted by molar-refractivity contribution is 0.563. The van der Waals surface area contributed by atoms with Gasteiger partial charge in [-0.2, -0.15) is 11.8 Å². The van der Waals surface area contributed by atoms with E-state index in [9.17, 15) is 0 Å². The van der Waals surface area contributed by atoms with E-state index >= 15 is 0 Å². The van der Waals surface area contributed by atoms with Crippen LogP contribution in [0.4, 0.5) is 0 Å². The Morgan fingerprint density at radius 2 is 1.75 bits per heavy atom. The molecule has 3 atom stereocenters. The largest absolute Gasteiger partial charge is 0.306 e. The van der Waals surface area contributed by atoms with Crippen molar-refractivity contribution in [3.63, 3.8) is 0 Å². The van der Waals surface area contributed by atoms with Crippen LogP contribution in [0.2, 0.25) is 0 Å². The number of rotatable bonds is 3. The molecule has 2 aliphatic rings. The molecule has 0 bridgehead atoms. The van der Waals surface area contributed by atoms with E-state index < -0.39 is 0 Å². The quantitative estimate of drug-likeness (QED) is 0.908. The molecular formula is C18H19NS. The van der Waals surface area contributed by atoms with Crippen LogP contribution in [0.5, 0.6) is 0 Å². The van der Waals surface area contributed by atoms with Crippen molar-refractivity contribution in [2.75, 3.05) is 5.75 Å². The first-order chi connectivity index (χ1) is 9.92. The van der Waals surface area contributed by atoms with Crippen LogP contribution in [0, 0.1) is 0 Å². The maximum atomic E-state index is 3.88. The number of fused-ring (bicyclic) bond motifs is 1. The molecule has 0 aromatic heterocycles. The van der Waals surface area contributed by atoms with Crippen LogP contribution in [-0.2, 0) is 5.75 Å². The summed E-state index contributed by atoms with van der Waals surface area (Å²) >= 11 is 2.05. The van der Waals surface area contributed by atoms with Gasteiger partial charge in [-0.3, -0.25) is 0 Å². The third-order valence-electron chi connectivity index (χ3n) is 4.41. The van der Waals surface area contributed by atoms with Crippen molar-refractivity contribution in [2.45, 2.75) is 30.2 Å². The highest BCUT2D eigenvalue weighted by Crippen LogP contribution is 2.43. The third-order valence-corrected chi connectivity index (χ3v) is 5.49. The van der Waals surface area contributed by atoms with Gasteiger partial charge in [-0.25, -0.2) is 0 Å². The highest BCUT2D eigenvalue weighted by Gasteiger charge is 2.40. The molecule has 1 fully saturated rings. The molecule has 2 aromatic carbocycles. The molecule has 2 aromatic rings. The Hall–Kier alpha value is -1.25. The Morgan fingerprint density at radius 3 is 2.65 bits per heavy atom. The zero-order valence-electron chi connectivity index (χ0n) is 11.5. The number of benzene rings is 2. The molecule has 0 radical (unpaired) electrons. The fraction of sp³-hybridized carbons (Fsp3) is 0.333. The van der Waals surface area contributed by atoms with Crippen LogP contribution >= 0.6 is 11.8 Å². The Kier molecular flexibility index (Phi) is 3.29. The van der Waals surface area contributed by atoms with Crippen LogP contribution in [0.3, 0.4) is 0 Å². The summed E-state index contributed by atoms with van der Waals surface area (Å²) in [4.78, 5) is 0. The fourth-order valence-electron chi connectivity index (χ4n) is 3.23. The van der Waals surface area contributed by atoms with E-state index in [2.05, 4.69) is 71.7 Å². The van der Waals surface area contributed by atoms with Gasteiger partial charge in [-0.1, -0.05) is 54.6 Å². The minimum atomic E-state index is 0.531. The summed E-state index contributed by atoms with van der Waals surface area (Å²) in [5.41, 5.74) is 4.52. The lowest BCUT2D eigenvalue weighted by atomic mass is 10.0. The van der Waals surface area contributed by atoms with Gasteiger partial charge in [0.05, 0.1) is 0 Å². The lowest BCUT2D eigenvalue weighted by Gasteiger charge is -2.26. The average molecular weight is 281 g/mol. The van der Waals surface area contributed by atoms with Crippen LogP contribution < -0.4 is 5.32 Å². The molecule has 1 nitrogen and oxygen atoms in total. The maximum absolute atomic E-state index is 3.88. The fourth-order valence-corrected chi connectivity index (χ4v) is 4.34. The Labute approximate surface area is 124 Å². The van der Waals surface area contributed by atoms with Gasteiger partial charge in [-0.05, 0) is 23.1 Å². The molecule has 1 N–H and O–H groups in total. The van der Waals surface area contributed by atoms with Crippen LogP contribution in [-0.4, -0.2) is 11.8 Å². The van der Waals surface area contributed by atoms with Crippen LogP contribution in [0.15, 0.2) is 54.6 Å². The van der Waals surface area contributed by atoms with E-state index in [0.29, 0.717) is 12.1 Å². The van der Waals surface area contributed by atoms with Crippen molar-refractivity contribution in [3.8, 4) is 0 Å². The molecule has 0 amide bonds. The van der Waals surface area contributed by atoms with Gasteiger partial charge in [0.1, 0.15) is 0 Å². The summed E-state index contributed by atoms with van der Waals surface area (Å²) < 4.78 is 0. The molecule has 1 aliphatic carbocycles. The minimum Gasteiger partial charge on any atom is -0.306 e. The van der Waals surface area contributed by atoms with E-state index in [-0.39, 0.29) is 0 Å². The van der Waals surface area contributed by atoms with Gasteiger partial charge in [0, 0.05) is 29.5 Å². The number of hydrogen-bond acceptors (Lipinski definition) is 2. The second kappa shape index (κ2) is 5.27. The predicted octanol–water partition coefficient (Wildman–Crippen LogP) is 4.12. The first-order valence-corrected chi connectivity index (χ1v) is 8.54. The summed E-state index contributed by atoms with van der Waals surface area (Å²) in [7, 11) is 0. The number of hydrogen-bond donors (Lipinski definition) is 1. The summed E-state index contributed by atoms with van der Waals surface area (Å²) in [5, 5.41) is 3.88. The Bertz CT molecular complexity index is 595. The molecular weight excluding hydrogens is 262 g/mol. The first-order valence-electron chi connectivity index (χ1n) is 7.38. The normalized spacial score (nSPS) is 27.9. The Balaban J connectivity index is 1.47. The first kappa shape index (κ1) is 12.5. The second-order valence-electron chi connectivity index (χ2n) is 5.79. The standard InChI is InChI=1S/C18H19NS/c1-2-6-13(7-3-1)16-10-17(16)19-18-12-20-11-14-8-4-5-9-15(14)18/h1-9,16-19H,10-12H2. The van der Waals surface area contributed by atoms with Crippen molar-refractivity contribution in [2.24, 2.45) is 0 Å². The van der Waals surface area contributed by atoms with Gasteiger partial charge in [0.15, 0.2) is 0 Å². The van der Waals surface area contributed by atoms with Gasteiger partial charge >= 0.3 is 0 Å². The Morgan fingerprint density at radius 1 is 0.950 bits per heavy atom. The number of nitrogens with one attached hydrogen (secondary N) is 1. The van der Waals surface area contributed by atoms with E-state index in [4.69, 9.17) is 0 Å². The molecule has 1 aliphatic heterocycles.